The van der Waals surface area contributed by atoms with Crippen LogP contribution in [-0.4, -0.2) is 48.1 Å². The molecule has 1 aromatic rings. The van der Waals surface area contributed by atoms with E-state index < -0.39 is 0 Å². The Labute approximate surface area is 123 Å². The van der Waals surface area contributed by atoms with Crippen LogP contribution in [0.2, 0.25) is 0 Å². The highest BCUT2D eigenvalue weighted by atomic mass is 15.3. The van der Waals surface area contributed by atoms with Crippen molar-refractivity contribution in [1.82, 2.24) is 9.88 Å². The summed E-state index contributed by atoms with van der Waals surface area (Å²) in [6.07, 6.45) is 2.88. The minimum absolute atomic E-state index is 0.186. The molecule has 0 spiro atoms. The molecule has 2 rings (SSSR count). The lowest BCUT2D eigenvalue weighted by Gasteiger charge is -2.43. The summed E-state index contributed by atoms with van der Waals surface area (Å²) in [5.41, 5.74) is 8.35. The van der Waals surface area contributed by atoms with Crippen LogP contribution in [0.15, 0.2) is 12.3 Å². The molecule has 2 heterocycles. The molecule has 112 valence electrons. The zero-order valence-electron chi connectivity index (χ0n) is 13.4. The quantitative estimate of drug-likeness (QED) is 0.914. The highest BCUT2D eigenvalue weighted by Crippen LogP contribution is 2.23. The molecule has 3 atom stereocenters. The molecule has 0 radical (unpaired) electrons. The molecule has 3 unspecified atom stereocenters. The topological polar surface area (TPSA) is 45.4 Å². The number of nitrogens with two attached hydrogens (primary N) is 1. The van der Waals surface area contributed by atoms with Crippen LogP contribution in [0.25, 0.3) is 0 Å². The third-order valence-electron chi connectivity index (χ3n) is 4.32. The molecule has 2 N–H and O–H groups in total. The van der Waals surface area contributed by atoms with E-state index in [1.807, 2.05) is 13.1 Å². The van der Waals surface area contributed by atoms with E-state index in [4.69, 9.17) is 10.7 Å². The molecule has 1 fully saturated rings. The van der Waals surface area contributed by atoms with E-state index in [1.54, 1.807) is 0 Å². The third-order valence-corrected chi connectivity index (χ3v) is 4.32. The first-order chi connectivity index (χ1) is 9.38. The second kappa shape index (κ2) is 6.10. The van der Waals surface area contributed by atoms with Gasteiger partial charge in [0.25, 0.3) is 0 Å². The molecule has 0 bridgehead atoms. The van der Waals surface area contributed by atoms with Crippen molar-refractivity contribution in [3.05, 3.63) is 23.4 Å². The van der Waals surface area contributed by atoms with Crippen molar-refractivity contribution in [3.8, 4) is 0 Å². The maximum atomic E-state index is 5.86. The summed E-state index contributed by atoms with van der Waals surface area (Å²) in [7, 11) is 2.21. The molecule has 1 aliphatic rings. The van der Waals surface area contributed by atoms with Crippen molar-refractivity contribution in [2.24, 2.45) is 5.73 Å². The molecule has 0 aromatic carbocycles. The van der Waals surface area contributed by atoms with Crippen molar-refractivity contribution in [2.75, 3.05) is 25.0 Å². The fraction of sp³-hybridized carbons (Fsp3) is 0.688. The maximum Gasteiger partial charge on any atom is 0.131 e. The summed E-state index contributed by atoms with van der Waals surface area (Å²) in [6.45, 7) is 10.8. The number of anilines is 1. The Bertz CT molecular complexity index is 446. The smallest absolute Gasteiger partial charge is 0.131 e. The Hall–Kier alpha value is -1.13. The first kappa shape index (κ1) is 15.3. The molecular weight excluding hydrogens is 248 g/mol. The van der Waals surface area contributed by atoms with Crippen LogP contribution in [-0.2, 0) is 6.42 Å². The lowest BCUT2D eigenvalue weighted by Crippen LogP contribution is -2.55. The molecule has 0 saturated carbocycles. The molecule has 1 aromatic heterocycles. The fourth-order valence-corrected chi connectivity index (χ4v) is 3.02. The molecule has 0 aliphatic carbocycles. The monoisotopic (exact) mass is 276 g/mol. The van der Waals surface area contributed by atoms with Gasteiger partial charge in [-0.15, -0.1) is 0 Å². The second-order valence-corrected chi connectivity index (χ2v) is 6.43. The van der Waals surface area contributed by atoms with E-state index in [-0.39, 0.29) is 6.04 Å². The van der Waals surface area contributed by atoms with Gasteiger partial charge in [0, 0.05) is 37.4 Å². The SMILES string of the molecule is Cc1cc(CC(C)N)cnc1N1CC(C)N(C)C(C)C1. The molecule has 1 saturated heterocycles. The zero-order chi connectivity index (χ0) is 14.9. The molecule has 20 heavy (non-hydrogen) atoms. The first-order valence-corrected chi connectivity index (χ1v) is 7.56. The van der Waals surface area contributed by atoms with Gasteiger partial charge >= 0.3 is 0 Å². The van der Waals surface area contributed by atoms with Crippen LogP contribution in [0.4, 0.5) is 5.82 Å². The fourth-order valence-electron chi connectivity index (χ4n) is 3.02. The van der Waals surface area contributed by atoms with Gasteiger partial charge in [-0.1, -0.05) is 6.07 Å². The summed E-state index contributed by atoms with van der Waals surface area (Å²) in [6, 6.07) is 3.54. The Balaban J connectivity index is 2.17. The van der Waals surface area contributed by atoms with E-state index in [2.05, 4.69) is 43.7 Å². The number of likely N-dealkylation sites (N-methyl/N-ethyl adjacent to an activating group) is 1. The summed E-state index contributed by atoms with van der Waals surface area (Å²) in [5, 5.41) is 0. The van der Waals surface area contributed by atoms with Gasteiger partial charge in [-0.05, 0) is 52.3 Å². The van der Waals surface area contributed by atoms with Gasteiger partial charge in [-0.2, -0.15) is 0 Å². The van der Waals surface area contributed by atoms with Gasteiger partial charge in [0.05, 0.1) is 0 Å². The average Bonchev–Trinajstić information content (AvgIpc) is 2.34. The van der Waals surface area contributed by atoms with Gasteiger partial charge in [-0.25, -0.2) is 4.98 Å². The van der Waals surface area contributed by atoms with Gasteiger partial charge in [0.2, 0.25) is 0 Å². The number of piperazine rings is 1. The normalized spacial score (nSPS) is 25.8. The summed E-state index contributed by atoms with van der Waals surface area (Å²) >= 11 is 0. The number of hydrogen-bond donors (Lipinski definition) is 1. The summed E-state index contributed by atoms with van der Waals surface area (Å²) in [5.74, 6) is 1.13. The maximum absolute atomic E-state index is 5.86. The molecule has 4 heteroatoms. The van der Waals surface area contributed by atoms with Crippen LogP contribution in [0.1, 0.15) is 31.9 Å². The van der Waals surface area contributed by atoms with Gasteiger partial charge in [-0.3, -0.25) is 4.90 Å². The van der Waals surface area contributed by atoms with E-state index in [9.17, 15) is 0 Å². The highest BCUT2D eigenvalue weighted by molar-refractivity contribution is 5.48. The largest absolute Gasteiger partial charge is 0.353 e. The van der Waals surface area contributed by atoms with Crippen LogP contribution >= 0.6 is 0 Å². The Morgan fingerprint density at radius 2 is 1.95 bits per heavy atom. The lowest BCUT2D eigenvalue weighted by atomic mass is 10.1. The first-order valence-electron chi connectivity index (χ1n) is 7.56. The number of aryl methyl sites for hydroxylation is 1. The Kier molecular flexibility index (Phi) is 4.66. The van der Waals surface area contributed by atoms with Crippen molar-refractivity contribution in [3.63, 3.8) is 0 Å². The second-order valence-electron chi connectivity index (χ2n) is 6.43. The number of rotatable bonds is 3. The van der Waals surface area contributed by atoms with E-state index in [0.717, 1.165) is 25.3 Å². The van der Waals surface area contributed by atoms with Crippen LogP contribution < -0.4 is 10.6 Å². The number of aromatic nitrogens is 1. The predicted molar refractivity (Wildman–Crippen MR) is 85.2 cm³/mol. The Morgan fingerprint density at radius 1 is 1.35 bits per heavy atom. The van der Waals surface area contributed by atoms with Crippen molar-refractivity contribution in [1.29, 1.82) is 0 Å². The van der Waals surface area contributed by atoms with E-state index in [1.165, 1.54) is 11.1 Å². The minimum atomic E-state index is 0.186. The summed E-state index contributed by atoms with van der Waals surface area (Å²) < 4.78 is 0. The number of hydrogen-bond acceptors (Lipinski definition) is 4. The Morgan fingerprint density at radius 3 is 2.45 bits per heavy atom. The average molecular weight is 276 g/mol. The van der Waals surface area contributed by atoms with Gasteiger partial charge in [0.15, 0.2) is 0 Å². The minimum Gasteiger partial charge on any atom is -0.353 e. The standard InChI is InChI=1S/C16H28N4/c1-11-6-15(7-12(2)17)8-18-16(11)20-9-13(3)19(5)14(4)10-20/h6,8,12-14H,7,9-10,17H2,1-5H3. The van der Waals surface area contributed by atoms with Crippen LogP contribution in [0.3, 0.4) is 0 Å². The molecule has 4 nitrogen and oxygen atoms in total. The zero-order valence-corrected chi connectivity index (χ0v) is 13.4. The van der Waals surface area contributed by atoms with Crippen molar-refractivity contribution < 1.29 is 0 Å². The molecule has 1 aliphatic heterocycles. The van der Waals surface area contributed by atoms with Crippen molar-refractivity contribution in [2.45, 2.75) is 52.2 Å². The van der Waals surface area contributed by atoms with Crippen molar-refractivity contribution >= 4 is 5.82 Å². The number of nitrogens with zero attached hydrogens (tertiary/aromatic N) is 3. The van der Waals surface area contributed by atoms with E-state index in [0.29, 0.717) is 12.1 Å². The van der Waals surface area contributed by atoms with Crippen LogP contribution in [0.5, 0.6) is 0 Å². The lowest BCUT2D eigenvalue weighted by molar-refractivity contribution is 0.169. The molecular formula is C16H28N4. The predicted octanol–water partition coefficient (Wildman–Crippen LogP) is 1.81. The highest BCUT2D eigenvalue weighted by Gasteiger charge is 2.27. The summed E-state index contributed by atoms with van der Waals surface area (Å²) in [4.78, 5) is 9.56. The third kappa shape index (κ3) is 3.30. The van der Waals surface area contributed by atoms with E-state index >= 15 is 0 Å². The van der Waals surface area contributed by atoms with Crippen LogP contribution in [0, 0.1) is 6.92 Å². The molecule has 0 amide bonds. The number of pyridine rings is 1. The van der Waals surface area contributed by atoms with Gasteiger partial charge < -0.3 is 10.6 Å². The van der Waals surface area contributed by atoms with Gasteiger partial charge in [0.1, 0.15) is 5.82 Å².